The Morgan fingerprint density at radius 1 is 1.23 bits per heavy atom. The minimum Gasteiger partial charge on any atom is -0.349 e. The van der Waals surface area contributed by atoms with E-state index in [2.05, 4.69) is 35.6 Å². The number of nitrogens with zero attached hydrogens (tertiary/aromatic N) is 3. The molecule has 0 radical (unpaired) electrons. The number of thioether (sulfide) groups is 1. The summed E-state index contributed by atoms with van der Waals surface area (Å²) in [6.45, 7) is 9.24. The van der Waals surface area contributed by atoms with Crippen LogP contribution in [0.15, 0.2) is 17.2 Å². The Balaban J connectivity index is 1.84. The SMILES string of the molecule is CC(C)(C)N1CCN2c3ncc(C(F)(F)F)cc3SC[C@@H]2C1. The zero-order valence-corrected chi connectivity index (χ0v) is 13.8. The third-order valence-corrected chi connectivity index (χ3v) is 5.46. The number of anilines is 1. The fraction of sp³-hybridized carbons (Fsp3) is 0.667. The number of fused-ring (bicyclic) bond motifs is 3. The first-order valence-corrected chi connectivity index (χ1v) is 8.36. The van der Waals surface area contributed by atoms with Crippen LogP contribution in [0.3, 0.4) is 0 Å². The Kier molecular flexibility index (Phi) is 3.84. The molecule has 1 aromatic rings. The number of hydrogen-bond donors (Lipinski definition) is 0. The molecule has 1 aromatic heterocycles. The van der Waals surface area contributed by atoms with Gasteiger partial charge in [0.05, 0.1) is 16.5 Å². The van der Waals surface area contributed by atoms with Crippen molar-refractivity contribution in [3.05, 3.63) is 17.8 Å². The molecule has 1 atom stereocenters. The number of halogens is 3. The van der Waals surface area contributed by atoms with E-state index in [1.165, 1.54) is 17.8 Å². The molecule has 0 saturated carbocycles. The normalized spacial score (nSPS) is 23.2. The van der Waals surface area contributed by atoms with Gasteiger partial charge in [-0.3, -0.25) is 4.90 Å². The van der Waals surface area contributed by atoms with Gasteiger partial charge in [-0.05, 0) is 26.8 Å². The number of aromatic nitrogens is 1. The van der Waals surface area contributed by atoms with Crippen molar-refractivity contribution in [2.75, 3.05) is 30.3 Å². The molecule has 122 valence electrons. The lowest BCUT2D eigenvalue weighted by atomic mass is 10.0. The second-order valence-corrected chi connectivity index (χ2v) is 7.88. The molecule has 0 unspecified atom stereocenters. The lowest BCUT2D eigenvalue weighted by molar-refractivity contribution is -0.138. The van der Waals surface area contributed by atoms with Gasteiger partial charge in [-0.2, -0.15) is 13.2 Å². The molecular formula is C15H20F3N3S. The quantitative estimate of drug-likeness (QED) is 0.724. The van der Waals surface area contributed by atoms with Crippen molar-refractivity contribution in [1.29, 1.82) is 0 Å². The molecule has 0 aliphatic carbocycles. The fourth-order valence-electron chi connectivity index (χ4n) is 2.99. The molecular weight excluding hydrogens is 311 g/mol. The minimum atomic E-state index is -4.33. The fourth-order valence-corrected chi connectivity index (χ4v) is 4.15. The van der Waals surface area contributed by atoms with Crippen LogP contribution in [-0.4, -0.2) is 46.9 Å². The maximum atomic E-state index is 12.8. The van der Waals surface area contributed by atoms with Gasteiger partial charge < -0.3 is 4.90 Å². The molecule has 22 heavy (non-hydrogen) atoms. The highest BCUT2D eigenvalue weighted by Gasteiger charge is 2.38. The highest BCUT2D eigenvalue weighted by molar-refractivity contribution is 7.99. The minimum absolute atomic E-state index is 0.116. The maximum absolute atomic E-state index is 12.8. The molecule has 0 spiro atoms. The first kappa shape index (κ1) is 15.9. The first-order valence-electron chi connectivity index (χ1n) is 7.38. The largest absolute Gasteiger partial charge is 0.417 e. The van der Waals surface area contributed by atoms with Crippen LogP contribution in [0.4, 0.5) is 19.0 Å². The zero-order chi connectivity index (χ0) is 16.1. The van der Waals surface area contributed by atoms with E-state index in [1.54, 1.807) is 0 Å². The molecule has 0 amide bonds. The van der Waals surface area contributed by atoms with Gasteiger partial charge in [-0.15, -0.1) is 11.8 Å². The Hall–Kier alpha value is -0.950. The van der Waals surface area contributed by atoms with E-state index in [0.29, 0.717) is 16.8 Å². The summed E-state index contributed by atoms with van der Waals surface area (Å²) in [5.74, 6) is 1.52. The molecule has 3 heterocycles. The van der Waals surface area contributed by atoms with Gasteiger partial charge in [0.1, 0.15) is 5.82 Å². The van der Waals surface area contributed by atoms with Crippen LogP contribution in [0.25, 0.3) is 0 Å². The van der Waals surface area contributed by atoms with Crippen LogP contribution in [-0.2, 0) is 6.18 Å². The van der Waals surface area contributed by atoms with Gasteiger partial charge in [0, 0.05) is 37.1 Å². The van der Waals surface area contributed by atoms with Gasteiger partial charge in [0.15, 0.2) is 0 Å². The average Bonchev–Trinajstić information content (AvgIpc) is 2.44. The average molecular weight is 331 g/mol. The van der Waals surface area contributed by atoms with E-state index in [-0.39, 0.29) is 5.54 Å². The monoisotopic (exact) mass is 331 g/mol. The van der Waals surface area contributed by atoms with Crippen LogP contribution >= 0.6 is 11.8 Å². The summed E-state index contributed by atoms with van der Waals surface area (Å²) in [6.07, 6.45) is -3.37. The van der Waals surface area contributed by atoms with Crippen LogP contribution in [0.5, 0.6) is 0 Å². The van der Waals surface area contributed by atoms with Gasteiger partial charge in [-0.1, -0.05) is 0 Å². The van der Waals surface area contributed by atoms with Gasteiger partial charge in [-0.25, -0.2) is 4.98 Å². The molecule has 1 saturated heterocycles. The Morgan fingerprint density at radius 2 is 1.95 bits per heavy atom. The lowest BCUT2D eigenvalue weighted by Gasteiger charge is -2.49. The Bertz CT molecular complexity index is 568. The van der Waals surface area contributed by atoms with E-state index in [4.69, 9.17) is 0 Å². The summed E-state index contributed by atoms with van der Waals surface area (Å²) >= 11 is 1.49. The number of rotatable bonds is 0. The van der Waals surface area contributed by atoms with Crippen LogP contribution in [0.1, 0.15) is 26.3 Å². The molecule has 3 nitrogen and oxygen atoms in total. The van der Waals surface area contributed by atoms with Crippen molar-refractivity contribution in [2.45, 2.75) is 43.4 Å². The first-order chi connectivity index (χ1) is 10.2. The lowest BCUT2D eigenvalue weighted by Crippen LogP contribution is -2.60. The van der Waals surface area contributed by atoms with Crippen molar-refractivity contribution >= 4 is 17.6 Å². The summed E-state index contributed by atoms with van der Waals surface area (Å²) in [5, 5.41) is 0. The highest BCUT2D eigenvalue weighted by atomic mass is 32.2. The topological polar surface area (TPSA) is 19.4 Å². The predicted molar refractivity (Wildman–Crippen MR) is 82.4 cm³/mol. The van der Waals surface area contributed by atoms with Crippen molar-refractivity contribution in [1.82, 2.24) is 9.88 Å². The second kappa shape index (κ2) is 5.30. The van der Waals surface area contributed by atoms with Crippen molar-refractivity contribution < 1.29 is 13.2 Å². The van der Waals surface area contributed by atoms with Gasteiger partial charge in [0.2, 0.25) is 0 Å². The van der Waals surface area contributed by atoms with Crippen molar-refractivity contribution in [2.24, 2.45) is 0 Å². The summed E-state index contributed by atoms with van der Waals surface area (Å²) < 4.78 is 38.4. The Labute approximate surface area is 132 Å². The number of hydrogen-bond acceptors (Lipinski definition) is 4. The summed E-state index contributed by atoms with van der Waals surface area (Å²) in [6, 6.07) is 1.55. The highest BCUT2D eigenvalue weighted by Crippen LogP contribution is 2.41. The third kappa shape index (κ3) is 2.93. The maximum Gasteiger partial charge on any atom is 0.417 e. The summed E-state index contributed by atoms with van der Waals surface area (Å²) in [4.78, 5) is 9.38. The van der Waals surface area contributed by atoms with Gasteiger partial charge in [0.25, 0.3) is 0 Å². The molecule has 2 aliphatic rings. The van der Waals surface area contributed by atoms with Crippen molar-refractivity contribution in [3.8, 4) is 0 Å². The van der Waals surface area contributed by atoms with Crippen molar-refractivity contribution in [3.63, 3.8) is 0 Å². The van der Waals surface area contributed by atoms with Crippen LogP contribution in [0, 0.1) is 0 Å². The van der Waals surface area contributed by atoms with Crippen LogP contribution < -0.4 is 4.90 Å². The molecule has 0 aromatic carbocycles. The third-order valence-electron chi connectivity index (χ3n) is 4.29. The van der Waals surface area contributed by atoms with E-state index >= 15 is 0 Å². The van der Waals surface area contributed by atoms with Crippen LogP contribution in [0.2, 0.25) is 0 Å². The van der Waals surface area contributed by atoms with Gasteiger partial charge >= 0.3 is 6.18 Å². The van der Waals surface area contributed by atoms with E-state index < -0.39 is 11.7 Å². The standard InChI is InChI=1S/C15H20F3N3S/c1-14(2,3)20-4-5-21-11(8-20)9-22-12-6-10(15(16,17)18)7-19-13(12)21/h6-7,11H,4-5,8-9H2,1-3H3/t11-/m0/s1. The van der Waals surface area contributed by atoms with E-state index in [1.807, 2.05) is 0 Å². The molecule has 0 N–H and O–H groups in total. The molecule has 1 fully saturated rings. The molecule has 2 aliphatic heterocycles. The molecule has 0 bridgehead atoms. The number of piperazine rings is 1. The molecule has 3 rings (SSSR count). The predicted octanol–water partition coefficient (Wildman–Crippen LogP) is 3.50. The zero-order valence-electron chi connectivity index (χ0n) is 12.9. The Morgan fingerprint density at radius 3 is 2.59 bits per heavy atom. The second-order valence-electron chi connectivity index (χ2n) is 6.82. The molecule has 7 heteroatoms. The number of alkyl halides is 3. The summed E-state index contributed by atoms with van der Waals surface area (Å²) in [7, 11) is 0. The van der Waals surface area contributed by atoms with E-state index in [9.17, 15) is 13.2 Å². The smallest absolute Gasteiger partial charge is 0.349 e. The summed E-state index contributed by atoms with van der Waals surface area (Å²) in [5.41, 5.74) is -0.546. The van der Waals surface area contributed by atoms with E-state index in [0.717, 1.165) is 31.6 Å². The number of pyridine rings is 1.